The summed E-state index contributed by atoms with van der Waals surface area (Å²) in [6, 6.07) is 4.21. The molecule has 0 spiro atoms. The molecule has 2 aromatic rings. The summed E-state index contributed by atoms with van der Waals surface area (Å²) in [4.78, 5) is 1.35. The number of rotatable bonds is 4. The quantitative estimate of drug-likeness (QED) is 0.860. The Morgan fingerprint density at radius 2 is 2.40 bits per heavy atom. The maximum atomic E-state index is 4.39. The number of nitrogens with zero attached hydrogens (tertiary/aromatic N) is 2. The van der Waals surface area contributed by atoms with Crippen molar-refractivity contribution in [2.75, 3.05) is 5.32 Å². The van der Waals surface area contributed by atoms with E-state index in [4.69, 9.17) is 0 Å². The molecule has 0 amide bonds. The minimum Gasteiger partial charge on any atom is -0.377 e. The summed E-state index contributed by atoms with van der Waals surface area (Å²) < 4.78 is 1.95. The van der Waals surface area contributed by atoms with Gasteiger partial charge >= 0.3 is 0 Å². The molecule has 0 radical (unpaired) electrons. The van der Waals surface area contributed by atoms with E-state index in [1.165, 1.54) is 4.88 Å². The van der Waals surface area contributed by atoms with Crippen molar-refractivity contribution in [1.29, 1.82) is 0 Å². The van der Waals surface area contributed by atoms with Crippen LogP contribution in [0.2, 0.25) is 0 Å². The molecule has 0 aliphatic carbocycles. The van der Waals surface area contributed by atoms with Crippen molar-refractivity contribution < 1.29 is 0 Å². The van der Waals surface area contributed by atoms with Gasteiger partial charge in [0, 0.05) is 24.2 Å². The van der Waals surface area contributed by atoms with E-state index in [2.05, 4.69) is 41.0 Å². The molecule has 15 heavy (non-hydrogen) atoms. The van der Waals surface area contributed by atoms with Crippen molar-refractivity contribution in [1.82, 2.24) is 9.78 Å². The minimum atomic E-state index is 0.883. The molecule has 0 fully saturated rings. The van der Waals surface area contributed by atoms with Crippen molar-refractivity contribution in [2.45, 2.75) is 26.9 Å². The summed E-state index contributed by atoms with van der Waals surface area (Å²) in [5, 5.41) is 9.88. The van der Waals surface area contributed by atoms with Gasteiger partial charge in [-0.2, -0.15) is 5.10 Å². The van der Waals surface area contributed by atoms with Crippen LogP contribution in [-0.4, -0.2) is 9.78 Å². The largest absolute Gasteiger partial charge is 0.377 e. The maximum Gasteiger partial charge on any atom is 0.0825 e. The molecule has 0 atom stereocenters. The second kappa shape index (κ2) is 4.49. The first-order valence-electron chi connectivity index (χ1n) is 5.10. The van der Waals surface area contributed by atoms with Crippen LogP contribution in [0.25, 0.3) is 0 Å². The van der Waals surface area contributed by atoms with Crippen molar-refractivity contribution in [3.8, 4) is 0 Å². The van der Waals surface area contributed by atoms with E-state index in [9.17, 15) is 0 Å². The van der Waals surface area contributed by atoms with Crippen LogP contribution < -0.4 is 5.32 Å². The Hall–Kier alpha value is -1.29. The highest BCUT2D eigenvalue weighted by atomic mass is 32.1. The molecule has 0 aliphatic rings. The highest BCUT2D eigenvalue weighted by Crippen LogP contribution is 2.15. The first kappa shape index (κ1) is 10.2. The van der Waals surface area contributed by atoms with Gasteiger partial charge in [-0.3, -0.25) is 4.68 Å². The molecule has 0 aliphatic heterocycles. The Bertz CT molecular complexity index is 417. The van der Waals surface area contributed by atoms with Crippen LogP contribution >= 0.6 is 11.3 Å². The summed E-state index contributed by atoms with van der Waals surface area (Å²) in [5.74, 6) is 0. The van der Waals surface area contributed by atoms with Gasteiger partial charge in [0.2, 0.25) is 0 Å². The third kappa shape index (κ3) is 2.39. The Balaban J connectivity index is 2.01. The van der Waals surface area contributed by atoms with Crippen LogP contribution in [0.5, 0.6) is 0 Å². The van der Waals surface area contributed by atoms with Crippen molar-refractivity contribution in [3.63, 3.8) is 0 Å². The van der Waals surface area contributed by atoms with Gasteiger partial charge < -0.3 is 5.32 Å². The van der Waals surface area contributed by atoms with E-state index in [1.54, 1.807) is 11.3 Å². The van der Waals surface area contributed by atoms with Crippen molar-refractivity contribution in [2.24, 2.45) is 0 Å². The van der Waals surface area contributed by atoms with Gasteiger partial charge in [0.25, 0.3) is 0 Å². The molecule has 0 bridgehead atoms. The van der Waals surface area contributed by atoms with Crippen LogP contribution in [0.4, 0.5) is 5.69 Å². The van der Waals surface area contributed by atoms with E-state index >= 15 is 0 Å². The van der Waals surface area contributed by atoms with Crippen LogP contribution in [0.1, 0.15) is 17.5 Å². The molecular weight excluding hydrogens is 206 g/mol. The van der Waals surface area contributed by atoms with Crippen LogP contribution in [0, 0.1) is 6.92 Å². The van der Waals surface area contributed by atoms with Crippen molar-refractivity contribution in [3.05, 3.63) is 34.3 Å². The van der Waals surface area contributed by atoms with Crippen LogP contribution in [-0.2, 0) is 13.1 Å². The zero-order valence-corrected chi connectivity index (χ0v) is 9.84. The summed E-state index contributed by atoms with van der Waals surface area (Å²) >= 11 is 1.77. The Morgan fingerprint density at radius 3 is 3.00 bits per heavy atom. The Labute approximate surface area is 93.7 Å². The number of hydrogen-bond acceptors (Lipinski definition) is 3. The molecule has 0 aromatic carbocycles. The monoisotopic (exact) mass is 221 g/mol. The van der Waals surface area contributed by atoms with Gasteiger partial charge in [-0.25, -0.2) is 0 Å². The predicted octanol–water partition coefficient (Wildman–Crippen LogP) is 2.89. The second-order valence-electron chi connectivity index (χ2n) is 3.42. The first-order valence-corrected chi connectivity index (χ1v) is 5.98. The second-order valence-corrected chi connectivity index (χ2v) is 4.45. The number of thiophene rings is 1. The molecule has 0 unspecified atom stereocenters. The van der Waals surface area contributed by atoms with E-state index in [1.807, 2.05) is 11.6 Å². The Morgan fingerprint density at radius 1 is 1.53 bits per heavy atom. The topological polar surface area (TPSA) is 29.9 Å². The number of nitrogens with one attached hydrogen (secondary N) is 1. The summed E-state index contributed by atoms with van der Waals surface area (Å²) in [7, 11) is 0. The van der Waals surface area contributed by atoms with Gasteiger partial charge in [0.15, 0.2) is 0 Å². The number of hydrogen-bond donors (Lipinski definition) is 1. The normalized spacial score (nSPS) is 10.5. The fraction of sp³-hybridized carbons (Fsp3) is 0.364. The van der Waals surface area contributed by atoms with Crippen LogP contribution in [0.3, 0.4) is 0 Å². The predicted molar refractivity (Wildman–Crippen MR) is 64.3 cm³/mol. The Kier molecular flexibility index (Phi) is 3.06. The zero-order valence-electron chi connectivity index (χ0n) is 9.03. The standard InChI is InChI=1S/C11H15N3S/c1-3-14-8-11(9(2)13-14)12-7-10-5-4-6-15-10/h4-6,8,12H,3,7H2,1-2H3. The third-order valence-corrected chi connectivity index (χ3v) is 3.18. The van der Waals surface area contributed by atoms with E-state index in [0.717, 1.165) is 24.5 Å². The number of aromatic nitrogens is 2. The van der Waals surface area contributed by atoms with Gasteiger partial charge in [-0.1, -0.05) is 6.07 Å². The fourth-order valence-electron chi connectivity index (χ4n) is 1.45. The molecule has 4 heteroatoms. The molecule has 1 N–H and O–H groups in total. The minimum absolute atomic E-state index is 0.883. The third-order valence-electron chi connectivity index (χ3n) is 2.30. The zero-order chi connectivity index (χ0) is 10.7. The van der Waals surface area contributed by atoms with Gasteiger partial charge in [0.05, 0.1) is 11.4 Å². The number of aryl methyl sites for hydroxylation is 2. The smallest absolute Gasteiger partial charge is 0.0825 e. The summed E-state index contributed by atoms with van der Waals surface area (Å²) in [6.45, 7) is 5.92. The molecule has 0 saturated heterocycles. The fourth-order valence-corrected chi connectivity index (χ4v) is 2.09. The van der Waals surface area contributed by atoms with E-state index in [-0.39, 0.29) is 0 Å². The summed E-state index contributed by atoms with van der Waals surface area (Å²) in [6.07, 6.45) is 2.06. The van der Waals surface area contributed by atoms with Gasteiger partial charge in [0.1, 0.15) is 0 Å². The lowest BCUT2D eigenvalue weighted by Gasteiger charge is -2.01. The molecule has 2 aromatic heterocycles. The average Bonchev–Trinajstić information content (AvgIpc) is 2.84. The van der Waals surface area contributed by atoms with Gasteiger partial charge in [-0.15, -0.1) is 11.3 Å². The van der Waals surface area contributed by atoms with Crippen LogP contribution in [0.15, 0.2) is 23.7 Å². The summed E-state index contributed by atoms with van der Waals surface area (Å²) in [5.41, 5.74) is 2.19. The molecule has 2 heterocycles. The lowest BCUT2D eigenvalue weighted by atomic mass is 10.4. The highest BCUT2D eigenvalue weighted by molar-refractivity contribution is 7.09. The molecule has 80 valence electrons. The van der Waals surface area contributed by atoms with E-state index in [0.29, 0.717) is 0 Å². The maximum absolute atomic E-state index is 4.39. The lowest BCUT2D eigenvalue weighted by molar-refractivity contribution is 0.653. The van der Waals surface area contributed by atoms with Gasteiger partial charge in [-0.05, 0) is 25.3 Å². The molecule has 0 saturated carbocycles. The average molecular weight is 221 g/mol. The highest BCUT2D eigenvalue weighted by Gasteiger charge is 2.03. The number of anilines is 1. The van der Waals surface area contributed by atoms with E-state index < -0.39 is 0 Å². The molecular formula is C11H15N3S. The molecule has 3 nitrogen and oxygen atoms in total. The first-order chi connectivity index (χ1) is 7.29. The molecule has 2 rings (SSSR count). The van der Waals surface area contributed by atoms with Crippen molar-refractivity contribution >= 4 is 17.0 Å². The SMILES string of the molecule is CCn1cc(NCc2cccs2)c(C)n1. The lowest BCUT2D eigenvalue weighted by Crippen LogP contribution is -1.97.